The van der Waals surface area contributed by atoms with Crippen LogP contribution in [0.3, 0.4) is 0 Å². The summed E-state index contributed by atoms with van der Waals surface area (Å²) in [5.41, 5.74) is 2.82. The predicted molar refractivity (Wildman–Crippen MR) is 90.4 cm³/mol. The third kappa shape index (κ3) is 5.42. The molecule has 3 heteroatoms. The van der Waals surface area contributed by atoms with Crippen LogP contribution in [0.15, 0.2) is 24.3 Å². The van der Waals surface area contributed by atoms with Gasteiger partial charge in [0.1, 0.15) is 0 Å². The Hall–Kier alpha value is -0.900. The molecular weight excluding hydrogens is 258 g/mol. The zero-order chi connectivity index (χ0) is 15.1. The molecule has 118 valence electrons. The van der Waals surface area contributed by atoms with Crippen molar-refractivity contribution in [3.63, 3.8) is 0 Å². The van der Waals surface area contributed by atoms with E-state index in [1.165, 1.54) is 43.5 Å². The van der Waals surface area contributed by atoms with Crippen LogP contribution in [0.1, 0.15) is 37.3 Å². The molecule has 0 spiro atoms. The molecule has 1 saturated heterocycles. The Morgan fingerprint density at radius 2 is 1.90 bits per heavy atom. The molecule has 21 heavy (non-hydrogen) atoms. The lowest BCUT2D eigenvalue weighted by molar-refractivity contribution is 0.128. The average molecular weight is 289 g/mol. The number of piperidine rings is 1. The van der Waals surface area contributed by atoms with E-state index in [-0.39, 0.29) is 0 Å². The van der Waals surface area contributed by atoms with Crippen molar-refractivity contribution in [3.05, 3.63) is 35.4 Å². The highest BCUT2D eigenvalue weighted by Gasteiger charge is 2.21. The Morgan fingerprint density at radius 3 is 2.57 bits per heavy atom. The maximum atomic E-state index is 3.45. The molecule has 0 radical (unpaired) electrons. The van der Waals surface area contributed by atoms with E-state index in [4.69, 9.17) is 0 Å². The first-order chi connectivity index (χ1) is 10.2. The SMILES string of the molecule is CCCNCc1ccc(CN2CCCC(N(C)C)C2)cc1. The molecule has 0 aliphatic carbocycles. The van der Waals surface area contributed by atoms with Crippen LogP contribution < -0.4 is 5.32 Å². The maximum Gasteiger partial charge on any atom is 0.0234 e. The Kier molecular flexibility index (Phi) is 6.68. The van der Waals surface area contributed by atoms with Gasteiger partial charge in [0.2, 0.25) is 0 Å². The summed E-state index contributed by atoms with van der Waals surface area (Å²) < 4.78 is 0. The second kappa shape index (κ2) is 8.52. The third-order valence-corrected chi connectivity index (χ3v) is 4.40. The summed E-state index contributed by atoms with van der Waals surface area (Å²) in [5.74, 6) is 0. The van der Waals surface area contributed by atoms with Gasteiger partial charge in [-0.05, 0) is 57.6 Å². The standard InChI is InChI=1S/C18H31N3/c1-4-11-19-13-16-7-9-17(10-8-16)14-21-12-5-6-18(15-21)20(2)3/h7-10,18-19H,4-6,11-15H2,1-3H3. The Morgan fingerprint density at radius 1 is 1.19 bits per heavy atom. The van der Waals surface area contributed by atoms with E-state index in [0.29, 0.717) is 0 Å². The van der Waals surface area contributed by atoms with E-state index >= 15 is 0 Å². The summed E-state index contributed by atoms with van der Waals surface area (Å²) in [5, 5.41) is 3.45. The topological polar surface area (TPSA) is 18.5 Å². The summed E-state index contributed by atoms with van der Waals surface area (Å²) in [6.45, 7) is 7.82. The van der Waals surface area contributed by atoms with Crippen LogP contribution in [-0.4, -0.2) is 49.6 Å². The van der Waals surface area contributed by atoms with Crippen LogP contribution >= 0.6 is 0 Å². The van der Waals surface area contributed by atoms with E-state index in [2.05, 4.69) is 60.4 Å². The molecule has 1 atom stereocenters. The van der Waals surface area contributed by atoms with Gasteiger partial charge in [-0.25, -0.2) is 0 Å². The molecule has 1 aliphatic heterocycles. The van der Waals surface area contributed by atoms with Gasteiger partial charge in [-0.1, -0.05) is 31.2 Å². The van der Waals surface area contributed by atoms with Crippen molar-refractivity contribution in [3.8, 4) is 0 Å². The fraction of sp³-hybridized carbons (Fsp3) is 0.667. The van der Waals surface area contributed by atoms with E-state index < -0.39 is 0 Å². The quantitative estimate of drug-likeness (QED) is 0.779. The first-order valence-corrected chi connectivity index (χ1v) is 8.36. The Labute approximate surface area is 130 Å². The van der Waals surface area contributed by atoms with Crippen LogP contribution in [0, 0.1) is 0 Å². The number of nitrogens with one attached hydrogen (secondary N) is 1. The Balaban J connectivity index is 1.82. The average Bonchev–Trinajstić information content (AvgIpc) is 2.49. The lowest BCUT2D eigenvalue weighted by atomic mass is 10.0. The van der Waals surface area contributed by atoms with Crippen LogP contribution in [0.5, 0.6) is 0 Å². The Bertz CT molecular complexity index is 399. The number of hydrogen-bond acceptors (Lipinski definition) is 3. The highest BCUT2D eigenvalue weighted by atomic mass is 15.2. The minimum Gasteiger partial charge on any atom is -0.313 e. The van der Waals surface area contributed by atoms with Crippen molar-refractivity contribution in [1.29, 1.82) is 0 Å². The van der Waals surface area contributed by atoms with Gasteiger partial charge in [-0.2, -0.15) is 0 Å². The fourth-order valence-corrected chi connectivity index (χ4v) is 3.03. The lowest BCUT2D eigenvalue weighted by Gasteiger charge is -2.36. The second-order valence-electron chi connectivity index (χ2n) is 6.49. The molecule has 3 nitrogen and oxygen atoms in total. The summed E-state index contributed by atoms with van der Waals surface area (Å²) >= 11 is 0. The summed E-state index contributed by atoms with van der Waals surface area (Å²) in [4.78, 5) is 4.97. The number of rotatable bonds is 7. The molecule has 1 aliphatic rings. The molecule has 1 aromatic carbocycles. The molecule has 1 heterocycles. The maximum absolute atomic E-state index is 3.45. The first kappa shape index (κ1) is 16.5. The van der Waals surface area contributed by atoms with Gasteiger partial charge in [-0.3, -0.25) is 4.90 Å². The van der Waals surface area contributed by atoms with Gasteiger partial charge in [0, 0.05) is 25.7 Å². The van der Waals surface area contributed by atoms with Crippen molar-refractivity contribution in [2.75, 3.05) is 33.7 Å². The lowest BCUT2D eigenvalue weighted by Crippen LogP contribution is -2.44. The molecule has 0 aromatic heterocycles. The van der Waals surface area contributed by atoms with Crippen LogP contribution in [0.25, 0.3) is 0 Å². The molecule has 1 fully saturated rings. The minimum absolute atomic E-state index is 0.719. The minimum atomic E-state index is 0.719. The van der Waals surface area contributed by atoms with Crippen molar-refractivity contribution >= 4 is 0 Å². The van der Waals surface area contributed by atoms with Crippen molar-refractivity contribution in [1.82, 2.24) is 15.1 Å². The summed E-state index contributed by atoms with van der Waals surface area (Å²) in [6, 6.07) is 9.84. The molecule has 0 amide bonds. The molecular formula is C18H31N3. The zero-order valence-electron chi connectivity index (χ0n) is 13.9. The van der Waals surface area contributed by atoms with E-state index in [1.807, 2.05) is 0 Å². The molecule has 1 aromatic rings. The van der Waals surface area contributed by atoms with Crippen LogP contribution in [0.4, 0.5) is 0 Å². The number of benzene rings is 1. The summed E-state index contributed by atoms with van der Waals surface area (Å²) in [7, 11) is 4.40. The zero-order valence-corrected chi connectivity index (χ0v) is 13.9. The highest BCUT2D eigenvalue weighted by molar-refractivity contribution is 5.22. The van der Waals surface area contributed by atoms with Crippen molar-refractivity contribution < 1.29 is 0 Å². The van der Waals surface area contributed by atoms with Crippen molar-refractivity contribution in [2.24, 2.45) is 0 Å². The van der Waals surface area contributed by atoms with Gasteiger partial charge in [0.05, 0.1) is 0 Å². The number of hydrogen-bond donors (Lipinski definition) is 1. The normalized spacial score (nSPS) is 20.1. The molecule has 2 rings (SSSR count). The highest BCUT2D eigenvalue weighted by Crippen LogP contribution is 2.16. The van der Waals surface area contributed by atoms with E-state index in [9.17, 15) is 0 Å². The van der Waals surface area contributed by atoms with E-state index in [1.54, 1.807) is 0 Å². The molecule has 1 N–H and O–H groups in total. The van der Waals surface area contributed by atoms with Gasteiger partial charge >= 0.3 is 0 Å². The molecule has 0 bridgehead atoms. The number of likely N-dealkylation sites (tertiary alicyclic amines) is 1. The third-order valence-electron chi connectivity index (χ3n) is 4.40. The van der Waals surface area contributed by atoms with Crippen LogP contribution in [0.2, 0.25) is 0 Å². The van der Waals surface area contributed by atoms with E-state index in [0.717, 1.165) is 25.7 Å². The fourth-order valence-electron chi connectivity index (χ4n) is 3.03. The molecule has 1 unspecified atom stereocenters. The van der Waals surface area contributed by atoms with Gasteiger partial charge in [0.15, 0.2) is 0 Å². The second-order valence-corrected chi connectivity index (χ2v) is 6.49. The van der Waals surface area contributed by atoms with Gasteiger partial charge in [-0.15, -0.1) is 0 Å². The predicted octanol–water partition coefficient (Wildman–Crippen LogP) is 2.71. The largest absolute Gasteiger partial charge is 0.313 e. The van der Waals surface area contributed by atoms with Gasteiger partial charge < -0.3 is 10.2 Å². The number of likely N-dealkylation sites (N-methyl/N-ethyl adjacent to an activating group) is 1. The van der Waals surface area contributed by atoms with Crippen molar-refractivity contribution in [2.45, 2.75) is 45.3 Å². The summed E-state index contributed by atoms with van der Waals surface area (Å²) in [6.07, 6.45) is 3.85. The smallest absolute Gasteiger partial charge is 0.0234 e. The first-order valence-electron chi connectivity index (χ1n) is 8.36. The van der Waals surface area contributed by atoms with Gasteiger partial charge in [0.25, 0.3) is 0 Å². The molecule has 0 saturated carbocycles. The van der Waals surface area contributed by atoms with Crippen LogP contribution in [-0.2, 0) is 13.1 Å². The number of nitrogens with zero attached hydrogens (tertiary/aromatic N) is 2. The monoisotopic (exact) mass is 289 g/mol.